The van der Waals surface area contributed by atoms with E-state index in [4.69, 9.17) is 16.3 Å². The van der Waals surface area contributed by atoms with E-state index in [1.165, 1.54) is 17.5 Å². The number of nitrogens with one attached hydrogen (secondary N) is 1. The number of aromatic nitrogens is 4. The molecule has 266 valence electrons. The Kier molecular flexibility index (Phi) is 8.76. The van der Waals surface area contributed by atoms with Gasteiger partial charge in [0.1, 0.15) is 39.0 Å². The van der Waals surface area contributed by atoms with Crippen molar-refractivity contribution >= 4 is 96.7 Å². The third-order valence-corrected chi connectivity index (χ3v) is 12.4. The van der Waals surface area contributed by atoms with Crippen LogP contribution in [0.3, 0.4) is 0 Å². The summed E-state index contributed by atoms with van der Waals surface area (Å²) in [5.41, 5.74) is 7.02. The van der Waals surface area contributed by atoms with E-state index in [1.807, 2.05) is 22.1 Å². The lowest BCUT2D eigenvalue weighted by Crippen LogP contribution is -2.36. The van der Waals surface area contributed by atoms with Gasteiger partial charge in [0.25, 0.3) is 11.8 Å². The third-order valence-electron chi connectivity index (χ3n) is 9.85. The lowest BCUT2D eigenvalue weighted by molar-refractivity contribution is -0.128. The highest BCUT2D eigenvalue weighted by Crippen LogP contribution is 2.41. The predicted octanol–water partition coefficient (Wildman–Crippen LogP) is 6.21. The zero-order valence-corrected chi connectivity index (χ0v) is 30.9. The van der Waals surface area contributed by atoms with Crippen LogP contribution in [0.1, 0.15) is 44.8 Å². The van der Waals surface area contributed by atoms with E-state index in [0.29, 0.717) is 50.7 Å². The van der Waals surface area contributed by atoms with Crippen LogP contribution in [-0.4, -0.2) is 80.4 Å². The molecule has 0 fully saturated rings. The molecule has 16 heteroatoms. The van der Waals surface area contributed by atoms with Crippen LogP contribution in [0.4, 0.5) is 11.5 Å². The Morgan fingerprint density at radius 2 is 1.45 bits per heavy atom. The number of carbonyl (C=O) groups is 2. The Balaban J connectivity index is 0.000000153. The number of carbonyl (C=O) groups excluding carboxylic acids is 2. The SMILES string of the molecule is COc1cc2c(cc1Nc1ncnc3sc4c(c13)CCN(C(=O)C1=CN=CC1)C4)C=NC2.O=C(C1=CN=CC1)N1CCc2c(sc3ncnc(Cl)c23)C1. The lowest BCUT2D eigenvalue weighted by atomic mass is 10.0. The Hall–Kier alpha value is -5.38. The number of nitrogens with zero attached hydrogens (tertiary/aromatic N) is 9. The highest BCUT2D eigenvalue weighted by Gasteiger charge is 2.30. The van der Waals surface area contributed by atoms with Crippen molar-refractivity contribution in [2.24, 2.45) is 15.0 Å². The number of halogens is 1. The average Bonchev–Trinajstić information content (AvgIpc) is 4.03. The van der Waals surface area contributed by atoms with Crippen LogP contribution in [0.25, 0.3) is 20.4 Å². The molecule has 5 aromatic rings. The Morgan fingerprint density at radius 3 is 2.08 bits per heavy atom. The summed E-state index contributed by atoms with van der Waals surface area (Å²) >= 11 is 9.41. The van der Waals surface area contributed by atoms with Crippen molar-refractivity contribution < 1.29 is 14.3 Å². The van der Waals surface area contributed by atoms with Gasteiger partial charge in [-0.1, -0.05) is 11.6 Å². The first-order chi connectivity index (χ1) is 25.9. The van der Waals surface area contributed by atoms with Crippen molar-refractivity contribution in [3.8, 4) is 5.75 Å². The molecule has 5 aliphatic rings. The molecule has 53 heavy (non-hydrogen) atoms. The standard InChI is InChI=1S/C23H20N6O2S.C14H11ClN4OS/c1-31-18-7-15-10-25-9-14(15)6-17(18)28-21-20-16-3-5-29(23(30)13-2-4-24-8-13)11-19(16)32-22(20)27-12-26-21;15-12-11-9-2-4-19(14(20)8-1-3-16-5-8)6-10(9)21-13(11)18-7-17-12/h4,6-9,12H,2-3,5,10-11H2,1H3,(H,26,27,28);3,5,7H,1-2,4,6H2. The van der Waals surface area contributed by atoms with Crippen molar-refractivity contribution in [1.82, 2.24) is 29.7 Å². The number of thiophene rings is 2. The van der Waals surface area contributed by atoms with E-state index in [1.54, 1.807) is 60.9 Å². The topological polar surface area (TPSA) is 151 Å². The Bertz CT molecular complexity index is 2500. The fourth-order valence-corrected chi connectivity index (χ4v) is 9.88. The number of aliphatic imine (C=N–C) groups is 3. The van der Waals surface area contributed by atoms with E-state index >= 15 is 0 Å². The fourth-order valence-electron chi connectivity index (χ4n) is 7.17. The molecular weight excluding hydrogens is 732 g/mol. The number of amides is 2. The summed E-state index contributed by atoms with van der Waals surface area (Å²) < 4.78 is 5.62. The van der Waals surface area contributed by atoms with Gasteiger partial charge in [-0.25, -0.2) is 19.9 Å². The summed E-state index contributed by atoms with van der Waals surface area (Å²) in [4.78, 5) is 63.0. The number of methoxy groups -OCH3 is 1. The van der Waals surface area contributed by atoms with Crippen LogP contribution in [0.2, 0.25) is 5.15 Å². The van der Waals surface area contributed by atoms with Gasteiger partial charge in [-0.3, -0.25) is 24.6 Å². The Morgan fingerprint density at radius 1 is 0.830 bits per heavy atom. The molecule has 0 saturated carbocycles. The summed E-state index contributed by atoms with van der Waals surface area (Å²) in [6, 6.07) is 4.08. The molecule has 4 aromatic heterocycles. The van der Waals surface area contributed by atoms with Crippen molar-refractivity contribution in [2.45, 2.75) is 45.3 Å². The largest absolute Gasteiger partial charge is 0.495 e. The first-order valence-electron chi connectivity index (χ1n) is 17.1. The number of hydrogen-bond acceptors (Lipinski definition) is 13. The third kappa shape index (κ3) is 6.17. The van der Waals surface area contributed by atoms with Crippen molar-refractivity contribution in [3.05, 3.63) is 85.5 Å². The lowest BCUT2D eigenvalue weighted by Gasteiger charge is -2.27. The maximum atomic E-state index is 12.8. The summed E-state index contributed by atoms with van der Waals surface area (Å²) in [7, 11) is 1.67. The molecule has 0 atom stereocenters. The number of benzene rings is 1. The smallest absolute Gasteiger partial charge is 0.252 e. The van der Waals surface area contributed by atoms with Gasteiger partial charge in [-0.05, 0) is 47.2 Å². The maximum absolute atomic E-state index is 12.8. The number of hydrogen-bond donors (Lipinski definition) is 1. The summed E-state index contributed by atoms with van der Waals surface area (Å²) in [6.07, 6.45) is 14.6. The van der Waals surface area contributed by atoms with Gasteiger partial charge in [0.2, 0.25) is 0 Å². The van der Waals surface area contributed by atoms with E-state index < -0.39 is 0 Å². The van der Waals surface area contributed by atoms with Crippen LogP contribution in [-0.2, 0) is 42.1 Å². The highest BCUT2D eigenvalue weighted by atomic mass is 35.5. The first kappa shape index (κ1) is 33.5. The first-order valence-corrected chi connectivity index (χ1v) is 19.1. The van der Waals surface area contributed by atoms with Crippen LogP contribution < -0.4 is 10.1 Å². The second-order valence-electron chi connectivity index (χ2n) is 12.9. The van der Waals surface area contributed by atoms with Gasteiger partial charge in [-0.15, -0.1) is 22.7 Å². The predicted molar refractivity (Wildman–Crippen MR) is 208 cm³/mol. The number of rotatable bonds is 5. The van der Waals surface area contributed by atoms with Gasteiger partial charge < -0.3 is 19.9 Å². The van der Waals surface area contributed by atoms with Crippen molar-refractivity contribution in [2.75, 3.05) is 25.5 Å². The molecule has 0 radical (unpaired) electrons. The molecule has 0 saturated heterocycles. The van der Waals surface area contributed by atoms with Crippen LogP contribution >= 0.6 is 34.3 Å². The molecular formula is C37H31ClN10O3S2. The molecule has 2 amide bonds. The summed E-state index contributed by atoms with van der Waals surface area (Å²) in [5, 5.41) is 5.96. The monoisotopic (exact) mass is 762 g/mol. The average molecular weight is 763 g/mol. The number of anilines is 2. The van der Waals surface area contributed by atoms with Crippen LogP contribution in [0.15, 0.2) is 63.3 Å². The minimum Gasteiger partial charge on any atom is -0.495 e. The minimum atomic E-state index is 0.0691. The summed E-state index contributed by atoms with van der Waals surface area (Å²) in [6.45, 7) is 3.25. The molecule has 13 nitrogen and oxygen atoms in total. The molecule has 1 aromatic carbocycles. The van der Waals surface area contributed by atoms with Gasteiger partial charge in [0, 0.05) is 77.9 Å². The van der Waals surface area contributed by atoms with Crippen LogP contribution in [0.5, 0.6) is 5.75 Å². The van der Waals surface area contributed by atoms with E-state index in [0.717, 1.165) is 82.6 Å². The zero-order valence-electron chi connectivity index (χ0n) is 28.5. The molecule has 1 N–H and O–H groups in total. The molecule has 0 bridgehead atoms. The maximum Gasteiger partial charge on any atom is 0.252 e. The minimum absolute atomic E-state index is 0.0691. The van der Waals surface area contributed by atoms with Gasteiger partial charge in [-0.2, -0.15) is 0 Å². The molecule has 9 heterocycles. The fraction of sp³-hybridized carbons (Fsp3) is 0.270. The Labute approximate surface area is 316 Å². The second kappa shape index (κ2) is 13.9. The molecule has 0 spiro atoms. The van der Waals surface area contributed by atoms with Gasteiger partial charge in [0.05, 0.1) is 43.2 Å². The summed E-state index contributed by atoms with van der Waals surface area (Å²) in [5.74, 6) is 1.66. The van der Waals surface area contributed by atoms with Gasteiger partial charge in [0.15, 0.2) is 0 Å². The van der Waals surface area contributed by atoms with E-state index in [-0.39, 0.29) is 11.8 Å². The number of ether oxygens (including phenoxy) is 1. The number of fused-ring (bicyclic) bond motifs is 7. The molecule has 0 aliphatic carbocycles. The van der Waals surface area contributed by atoms with E-state index in [2.05, 4.69) is 46.3 Å². The zero-order chi connectivity index (χ0) is 36.1. The highest BCUT2D eigenvalue weighted by molar-refractivity contribution is 7.19. The van der Waals surface area contributed by atoms with Crippen molar-refractivity contribution in [3.63, 3.8) is 0 Å². The van der Waals surface area contributed by atoms with Gasteiger partial charge >= 0.3 is 0 Å². The quantitative estimate of drug-likeness (QED) is 0.208. The molecule has 0 unspecified atom stereocenters. The second-order valence-corrected chi connectivity index (χ2v) is 15.5. The van der Waals surface area contributed by atoms with E-state index in [9.17, 15) is 9.59 Å². The van der Waals surface area contributed by atoms with Crippen molar-refractivity contribution in [1.29, 1.82) is 0 Å². The normalized spacial score (nSPS) is 16.6. The molecule has 10 rings (SSSR count). The molecule has 5 aliphatic heterocycles. The van der Waals surface area contributed by atoms with Crippen LogP contribution in [0, 0.1) is 0 Å².